The molecule has 3 aliphatic rings. The molecule has 3 heterocycles. The van der Waals surface area contributed by atoms with Gasteiger partial charge in [0.05, 0.1) is 30.5 Å². The highest BCUT2D eigenvalue weighted by atomic mass is 35.5. The van der Waals surface area contributed by atoms with Gasteiger partial charge in [0.2, 0.25) is 6.79 Å². The fourth-order valence-corrected chi connectivity index (χ4v) is 7.88. The number of ether oxygens (including phenoxy) is 3. The maximum absolute atomic E-state index is 9.19. The molecule has 0 saturated carbocycles. The molecule has 1 unspecified atom stereocenters. The van der Waals surface area contributed by atoms with E-state index in [1.54, 1.807) is 6.20 Å². The van der Waals surface area contributed by atoms with Crippen LogP contribution in [0.15, 0.2) is 60.8 Å². The number of halogens is 2. The minimum absolute atomic E-state index is 0.0340. The molecule has 0 spiro atoms. The van der Waals surface area contributed by atoms with Crippen molar-refractivity contribution in [3.63, 3.8) is 0 Å². The van der Waals surface area contributed by atoms with Gasteiger partial charge in [-0.25, -0.2) is 0 Å². The highest BCUT2D eigenvalue weighted by Gasteiger charge is 2.31. The first-order chi connectivity index (χ1) is 26.9. The monoisotopic (exact) mass is 833 g/mol. The Labute approximate surface area is 359 Å². The van der Waals surface area contributed by atoms with Crippen LogP contribution in [0.2, 0.25) is 10.0 Å². The summed E-state index contributed by atoms with van der Waals surface area (Å²) in [6.45, 7) is 28.0. The fraction of sp³-hybridized carbons (Fsp3) is 0.540. The van der Waals surface area contributed by atoms with Crippen molar-refractivity contribution < 1.29 is 24.4 Å². The van der Waals surface area contributed by atoms with Gasteiger partial charge >= 0.3 is 0 Å². The molecule has 4 aromatic rings. The van der Waals surface area contributed by atoms with Crippen LogP contribution in [0.25, 0.3) is 0 Å². The first kappa shape index (κ1) is 47.4. The molecule has 0 bridgehead atoms. The number of aliphatic hydroxyl groups excluding tert-OH is 2. The largest absolute Gasteiger partial charge is 0.493 e. The van der Waals surface area contributed by atoms with Gasteiger partial charge < -0.3 is 24.4 Å². The zero-order chi connectivity index (χ0) is 43.1. The Morgan fingerprint density at radius 2 is 1.14 bits per heavy atom. The molecule has 318 valence electrons. The fourth-order valence-electron chi connectivity index (χ4n) is 7.38. The van der Waals surface area contributed by atoms with Crippen molar-refractivity contribution in [2.75, 3.05) is 13.4 Å². The van der Waals surface area contributed by atoms with Crippen LogP contribution >= 0.6 is 23.2 Å². The Morgan fingerprint density at radius 1 is 0.586 bits per heavy atom. The third kappa shape index (κ3) is 15.1. The zero-order valence-electron chi connectivity index (χ0n) is 37.2. The Balaban J connectivity index is 0.000000171. The summed E-state index contributed by atoms with van der Waals surface area (Å²) in [7, 11) is 0. The number of hydrogen-bond acceptors (Lipinski definition) is 6. The third-order valence-electron chi connectivity index (χ3n) is 10.2. The van der Waals surface area contributed by atoms with Gasteiger partial charge in [0.15, 0.2) is 11.5 Å². The number of fused-ring (bicyclic) bond motifs is 3. The highest BCUT2D eigenvalue weighted by Crippen LogP contribution is 2.40. The topological polar surface area (TPSA) is 81.0 Å². The summed E-state index contributed by atoms with van der Waals surface area (Å²) in [5.74, 6) is 3.52. The Kier molecular flexibility index (Phi) is 16.2. The lowest BCUT2D eigenvalue weighted by Gasteiger charge is -2.26. The summed E-state index contributed by atoms with van der Waals surface area (Å²) < 4.78 is 16.1. The number of hydrogen-bond donors (Lipinski definition) is 2. The molecule has 0 fully saturated rings. The molecular formula is C50H69Cl2NO5. The third-order valence-corrected chi connectivity index (χ3v) is 10.9. The molecule has 8 heteroatoms. The van der Waals surface area contributed by atoms with Crippen molar-refractivity contribution in [3.8, 4) is 17.2 Å². The summed E-state index contributed by atoms with van der Waals surface area (Å²) in [4.78, 5) is 4.10. The lowest BCUT2D eigenvalue weighted by atomic mass is 9.79. The molecule has 1 aliphatic carbocycles. The number of benzene rings is 3. The molecule has 1 aromatic heterocycles. The zero-order valence-corrected chi connectivity index (χ0v) is 38.8. The Hall–Kier alpha value is -3.29. The average Bonchev–Trinajstić information content (AvgIpc) is 3.86. The van der Waals surface area contributed by atoms with Gasteiger partial charge in [0.1, 0.15) is 5.75 Å². The van der Waals surface area contributed by atoms with Crippen molar-refractivity contribution in [2.45, 2.75) is 135 Å². The van der Waals surface area contributed by atoms with Crippen LogP contribution in [-0.2, 0) is 51.7 Å². The molecule has 1 atom stereocenters. The minimum Gasteiger partial charge on any atom is -0.493 e. The molecule has 7 rings (SSSR count). The van der Waals surface area contributed by atoms with E-state index < -0.39 is 0 Å². The van der Waals surface area contributed by atoms with Gasteiger partial charge in [-0.15, -0.1) is 0 Å². The molecule has 0 radical (unpaired) electrons. The van der Waals surface area contributed by atoms with Crippen molar-refractivity contribution in [3.05, 3.63) is 115 Å². The predicted octanol–water partition coefficient (Wildman–Crippen LogP) is 12.6. The van der Waals surface area contributed by atoms with Crippen molar-refractivity contribution in [1.29, 1.82) is 0 Å². The SMILES string of the molecule is CC(C)(C)C1Cc2cc(Cl)c(CO)cc2C1.CC(C)(C)Cc1ccc2c(c1)CCO2.CC(C)(C)Cc1ccc2c(c1)OCO2.CC(C)(C)Cc1cnc(CO)c(Cl)c1. The number of nitrogens with zero attached hydrogens (tertiary/aromatic N) is 1. The number of pyridine rings is 1. The molecule has 2 aliphatic heterocycles. The smallest absolute Gasteiger partial charge is 0.231 e. The van der Waals surface area contributed by atoms with E-state index in [4.69, 9.17) is 42.5 Å². The summed E-state index contributed by atoms with van der Waals surface area (Å²) >= 11 is 12.0. The van der Waals surface area contributed by atoms with E-state index in [1.165, 1.54) is 27.8 Å². The molecule has 6 nitrogen and oxygen atoms in total. The van der Waals surface area contributed by atoms with E-state index in [0.29, 0.717) is 44.7 Å². The molecular weight excluding hydrogens is 765 g/mol. The van der Waals surface area contributed by atoms with Gasteiger partial charge in [-0.1, -0.05) is 131 Å². The van der Waals surface area contributed by atoms with E-state index in [0.717, 1.165) is 73.5 Å². The lowest BCUT2D eigenvalue weighted by Crippen LogP contribution is -2.20. The standard InChI is InChI=1S/C14H19ClO.C13H18O.C12H16O2.C11H16ClNO/c1-14(2,3)12-5-9-4-11(8-16)13(15)7-10(9)6-12;1-13(2,3)9-10-4-5-12-11(8-10)6-7-14-12;1-12(2,3)7-9-4-5-10-11(6-9)14-8-13-10;1-11(2,3)5-8-4-9(12)10(7-14)13-6-8/h4,7,12,16H,5-6,8H2,1-3H3;4-5,8H,6-7,9H2,1-3H3;4-6H,7-8H2,1-3H3;4,6,14H,5,7H2,1-3H3. The van der Waals surface area contributed by atoms with Crippen LogP contribution in [-0.4, -0.2) is 28.6 Å². The lowest BCUT2D eigenvalue weighted by molar-refractivity contribution is 0.174. The second-order valence-corrected chi connectivity index (χ2v) is 21.5. The van der Waals surface area contributed by atoms with E-state index in [-0.39, 0.29) is 18.6 Å². The normalized spacial score (nSPS) is 15.5. The van der Waals surface area contributed by atoms with Crippen LogP contribution in [0.5, 0.6) is 17.2 Å². The summed E-state index contributed by atoms with van der Waals surface area (Å²) in [6.07, 6.45) is 8.22. The van der Waals surface area contributed by atoms with Crippen molar-refractivity contribution >= 4 is 23.2 Å². The Morgan fingerprint density at radius 3 is 1.69 bits per heavy atom. The van der Waals surface area contributed by atoms with Crippen LogP contribution in [0, 0.1) is 27.6 Å². The summed E-state index contributed by atoms with van der Waals surface area (Å²) in [6, 6.07) is 18.8. The van der Waals surface area contributed by atoms with E-state index >= 15 is 0 Å². The maximum Gasteiger partial charge on any atom is 0.231 e. The second-order valence-electron chi connectivity index (χ2n) is 20.7. The van der Waals surface area contributed by atoms with E-state index in [9.17, 15) is 5.11 Å². The quantitative estimate of drug-likeness (QED) is 0.208. The number of aliphatic hydroxyl groups is 2. The van der Waals surface area contributed by atoms with Crippen molar-refractivity contribution in [2.24, 2.45) is 27.6 Å². The number of rotatable bonds is 5. The van der Waals surface area contributed by atoms with Crippen LogP contribution < -0.4 is 14.2 Å². The molecule has 0 saturated heterocycles. The van der Waals surface area contributed by atoms with Crippen LogP contribution in [0.4, 0.5) is 0 Å². The van der Waals surface area contributed by atoms with Gasteiger partial charge in [0, 0.05) is 17.6 Å². The summed E-state index contributed by atoms with van der Waals surface area (Å²) in [5.41, 5.74) is 10.6. The molecule has 58 heavy (non-hydrogen) atoms. The summed E-state index contributed by atoms with van der Waals surface area (Å²) in [5, 5.41) is 19.3. The minimum atomic E-state index is -0.103. The van der Waals surface area contributed by atoms with Gasteiger partial charge in [-0.2, -0.15) is 0 Å². The van der Waals surface area contributed by atoms with Gasteiger partial charge in [0.25, 0.3) is 0 Å². The van der Waals surface area contributed by atoms with Crippen molar-refractivity contribution in [1.82, 2.24) is 4.98 Å². The first-order valence-corrected chi connectivity index (χ1v) is 21.5. The number of aromatic nitrogens is 1. The highest BCUT2D eigenvalue weighted by molar-refractivity contribution is 6.31. The molecule has 2 N–H and O–H groups in total. The van der Waals surface area contributed by atoms with Crippen LogP contribution in [0.1, 0.15) is 128 Å². The second kappa shape index (κ2) is 19.8. The van der Waals surface area contributed by atoms with E-state index in [2.05, 4.69) is 124 Å². The van der Waals surface area contributed by atoms with E-state index in [1.807, 2.05) is 18.2 Å². The molecule has 3 aromatic carbocycles. The van der Waals surface area contributed by atoms with Gasteiger partial charge in [-0.05, 0) is 129 Å². The predicted molar refractivity (Wildman–Crippen MR) is 241 cm³/mol. The van der Waals surface area contributed by atoms with Gasteiger partial charge in [-0.3, -0.25) is 4.98 Å². The maximum atomic E-state index is 9.19. The average molecular weight is 835 g/mol. The molecule has 0 amide bonds. The Bertz CT molecular complexity index is 1890. The first-order valence-electron chi connectivity index (χ1n) is 20.7. The van der Waals surface area contributed by atoms with Crippen LogP contribution in [0.3, 0.4) is 0 Å².